The summed E-state index contributed by atoms with van der Waals surface area (Å²) in [6, 6.07) is 0. The Kier molecular flexibility index (Phi) is 4.07. The molecule has 4 heteroatoms. The Morgan fingerprint density at radius 3 is 2.39 bits per heavy atom. The lowest BCUT2D eigenvalue weighted by Gasteiger charge is -2.62. The summed E-state index contributed by atoms with van der Waals surface area (Å²) in [5, 5.41) is 22.6. The van der Waals surface area contributed by atoms with Crippen LogP contribution in [0.2, 0.25) is 0 Å². The molecule has 1 saturated heterocycles. The summed E-state index contributed by atoms with van der Waals surface area (Å²) in [4.78, 5) is 0. The number of allylic oxidation sites excluding steroid dienone is 1. The number of aliphatic hydroxyl groups excluding tert-OH is 1. The van der Waals surface area contributed by atoms with Crippen molar-refractivity contribution in [2.24, 2.45) is 28.1 Å². The standard InChI is InChI=1S/C24H38O4/c1-20(2)14-27-24(28-15-20)12-11-22(4)18-8-9-21(3)17(5-6-19(21)25)16(18)7-10-23(22,26)13-24/h8,16-17,19,25-26H,5-7,9-15H2,1-4H3/t16-,17-,19-,21-,22+,23+/m0/s1. The van der Waals surface area contributed by atoms with Gasteiger partial charge < -0.3 is 19.7 Å². The van der Waals surface area contributed by atoms with Crippen LogP contribution in [0, 0.1) is 28.1 Å². The molecule has 0 aromatic carbocycles. The lowest BCUT2D eigenvalue weighted by atomic mass is 9.47. The van der Waals surface area contributed by atoms with Crippen molar-refractivity contribution in [1.82, 2.24) is 0 Å². The Labute approximate surface area is 169 Å². The zero-order valence-electron chi connectivity index (χ0n) is 18.1. The van der Waals surface area contributed by atoms with Crippen LogP contribution in [-0.4, -0.2) is 40.9 Å². The quantitative estimate of drug-likeness (QED) is 0.609. The molecule has 1 heterocycles. The average Bonchev–Trinajstić information content (AvgIpc) is 2.94. The molecule has 0 unspecified atom stereocenters. The van der Waals surface area contributed by atoms with Crippen LogP contribution in [0.5, 0.6) is 0 Å². The van der Waals surface area contributed by atoms with Gasteiger partial charge in [-0.05, 0) is 50.4 Å². The molecule has 4 fully saturated rings. The van der Waals surface area contributed by atoms with Crippen molar-refractivity contribution < 1.29 is 19.7 Å². The molecular formula is C24H38O4. The Morgan fingerprint density at radius 1 is 0.964 bits per heavy atom. The third kappa shape index (κ3) is 2.50. The fraction of sp³-hybridized carbons (Fsp3) is 0.917. The predicted octanol–water partition coefficient (Wildman–Crippen LogP) is 4.19. The van der Waals surface area contributed by atoms with Gasteiger partial charge in [-0.2, -0.15) is 0 Å². The van der Waals surface area contributed by atoms with Crippen LogP contribution in [0.1, 0.15) is 79.1 Å². The largest absolute Gasteiger partial charge is 0.393 e. The molecule has 158 valence electrons. The van der Waals surface area contributed by atoms with Crippen LogP contribution in [0.25, 0.3) is 0 Å². The number of fused-ring (bicyclic) bond motifs is 5. The second-order valence-electron chi connectivity index (χ2n) is 11.9. The molecule has 6 atom stereocenters. The molecule has 0 bridgehead atoms. The Bertz CT molecular complexity index is 689. The van der Waals surface area contributed by atoms with Crippen molar-refractivity contribution in [1.29, 1.82) is 0 Å². The van der Waals surface area contributed by atoms with Gasteiger partial charge in [-0.1, -0.05) is 39.3 Å². The second-order valence-corrected chi connectivity index (χ2v) is 11.9. The highest BCUT2D eigenvalue weighted by Gasteiger charge is 2.65. The first-order valence-electron chi connectivity index (χ1n) is 11.4. The van der Waals surface area contributed by atoms with Crippen LogP contribution >= 0.6 is 0 Å². The van der Waals surface area contributed by atoms with Gasteiger partial charge in [-0.3, -0.25) is 0 Å². The van der Waals surface area contributed by atoms with Crippen molar-refractivity contribution in [2.75, 3.05) is 13.2 Å². The highest BCUT2D eigenvalue weighted by Crippen LogP contribution is 2.66. The topological polar surface area (TPSA) is 58.9 Å². The van der Waals surface area contributed by atoms with Crippen molar-refractivity contribution >= 4 is 0 Å². The van der Waals surface area contributed by atoms with Crippen molar-refractivity contribution in [3.8, 4) is 0 Å². The maximum atomic E-state index is 11.9. The maximum Gasteiger partial charge on any atom is 0.171 e. The third-order valence-corrected chi connectivity index (χ3v) is 9.56. The number of rotatable bonds is 0. The number of aliphatic hydroxyl groups is 2. The minimum absolute atomic E-state index is 0.0248. The minimum Gasteiger partial charge on any atom is -0.393 e. The monoisotopic (exact) mass is 390 g/mol. The number of ether oxygens (including phenoxy) is 2. The molecule has 0 amide bonds. The third-order valence-electron chi connectivity index (χ3n) is 9.56. The van der Waals surface area contributed by atoms with Crippen LogP contribution in [0.3, 0.4) is 0 Å². The van der Waals surface area contributed by atoms with E-state index in [0.29, 0.717) is 31.5 Å². The van der Waals surface area contributed by atoms with E-state index in [-0.39, 0.29) is 22.3 Å². The van der Waals surface area contributed by atoms with Crippen LogP contribution in [-0.2, 0) is 9.47 Å². The van der Waals surface area contributed by atoms with Gasteiger partial charge in [0.2, 0.25) is 0 Å². The maximum absolute atomic E-state index is 11.9. The Morgan fingerprint density at radius 2 is 1.68 bits per heavy atom. The van der Waals surface area contributed by atoms with E-state index < -0.39 is 11.4 Å². The van der Waals surface area contributed by atoms with Gasteiger partial charge in [0.15, 0.2) is 5.79 Å². The molecule has 0 radical (unpaired) electrons. The molecule has 4 nitrogen and oxygen atoms in total. The van der Waals surface area contributed by atoms with Gasteiger partial charge in [-0.25, -0.2) is 0 Å². The molecule has 2 N–H and O–H groups in total. The second kappa shape index (κ2) is 5.84. The highest BCUT2D eigenvalue weighted by molar-refractivity contribution is 5.33. The highest BCUT2D eigenvalue weighted by atomic mass is 16.7. The zero-order chi connectivity index (χ0) is 20.0. The summed E-state index contributed by atoms with van der Waals surface area (Å²) in [5.74, 6) is 0.467. The molecule has 5 rings (SSSR count). The van der Waals surface area contributed by atoms with Gasteiger partial charge in [0.1, 0.15) is 0 Å². The Balaban J connectivity index is 1.44. The molecule has 1 spiro atoms. The van der Waals surface area contributed by atoms with Crippen LogP contribution in [0.4, 0.5) is 0 Å². The first-order chi connectivity index (χ1) is 13.0. The molecule has 0 aromatic rings. The summed E-state index contributed by atoms with van der Waals surface area (Å²) in [6.07, 6.45) is 9.42. The summed E-state index contributed by atoms with van der Waals surface area (Å²) in [7, 11) is 0. The van der Waals surface area contributed by atoms with E-state index >= 15 is 0 Å². The average molecular weight is 391 g/mol. The molecule has 4 aliphatic carbocycles. The van der Waals surface area contributed by atoms with Gasteiger partial charge in [0, 0.05) is 29.1 Å². The van der Waals surface area contributed by atoms with Gasteiger partial charge in [0.05, 0.1) is 24.9 Å². The molecule has 5 aliphatic rings. The van der Waals surface area contributed by atoms with E-state index in [1.165, 1.54) is 5.57 Å². The SMILES string of the molecule is CC1(C)COC2(CC[C@]3(C)C4=CC[C@]5(C)[C@@H](O)CC[C@H]5[C@@H]4CC[C@@]3(O)C2)OC1. The summed E-state index contributed by atoms with van der Waals surface area (Å²) in [6.45, 7) is 10.3. The molecular weight excluding hydrogens is 352 g/mol. The minimum atomic E-state index is -0.764. The molecule has 28 heavy (non-hydrogen) atoms. The number of hydrogen-bond acceptors (Lipinski definition) is 4. The summed E-state index contributed by atoms with van der Waals surface area (Å²) >= 11 is 0. The fourth-order valence-corrected chi connectivity index (χ4v) is 7.44. The Hall–Kier alpha value is -0.420. The lowest BCUT2D eigenvalue weighted by molar-refractivity contribution is -0.342. The number of hydrogen-bond donors (Lipinski definition) is 2. The lowest BCUT2D eigenvalue weighted by Crippen LogP contribution is -2.64. The zero-order valence-corrected chi connectivity index (χ0v) is 18.1. The van der Waals surface area contributed by atoms with E-state index in [1.807, 2.05) is 0 Å². The van der Waals surface area contributed by atoms with Gasteiger partial charge >= 0.3 is 0 Å². The van der Waals surface area contributed by atoms with Crippen LogP contribution in [0.15, 0.2) is 11.6 Å². The van der Waals surface area contributed by atoms with Crippen molar-refractivity contribution in [3.63, 3.8) is 0 Å². The molecule has 0 aromatic heterocycles. The van der Waals surface area contributed by atoms with E-state index in [1.54, 1.807) is 0 Å². The van der Waals surface area contributed by atoms with E-state index in [4.69, 9.17) is 9.47 Å². The van der Waals surface area contributed by atoms with Crippen molar-refractivity contribution in [2.45, 2.75) is 96.6 Å². The first kappa shape index (κ1) is 19.5. The smallest absolute Gasteiger partial charge is 0.171 e. The molecule has 1 aliphatic heterocycles. The van der Waals surface area contributed by atoms with E-state index in [9.17, 15) is 10.2 Å². The van der Waals surface area contributed by atoms with Gasteiger partial charge in [0.25, 0.3) is 0 Å². The van der Waals surface area contributed by atoms with Crippen molar-refractivity contribution in [3.05, 3.63) is 11.6 Å². The van der Waals surface area contributed by atoms with Gasteiger partial charge in [-0.15, -0.1) is 0 Å². The van der Waals surface area contributed by atoms with E-state index in [2.05, 4.69) is 33.8 Å². The normalized spacial score (nSPS) is 51.8. The van der Waals surface area contributed by atoms with Crippen LogP contribution < -0.4 is 0 Å². The first-order valence-corrected chi connectivity index (χ1v) is 11.4. The summed E-state index contributed by atoms with van der Waals surface area (Å²) in [5.41, 5.74) is 0.586. The molecule has 3 saturated carbocycles. The fourth-order valence-electron chi connectivity index (χ4n) is 7.44. The predicted molar refractivity (Wildman–Crippen MR) is 108 cm³/mol. The summed E-state index contributed by atoms with van der Waals surface area (Å²) < 4.78 is 12.6. The van der Waals surface area contributed by atoms with E-state index in [0.717, 1.165) is 44.9 Å².